The Bertz CT molecular complexity index is 1410. The van der Waals surface area contributed by atoms with Gasteiger partial charge in [-0.25, -0.2) is 0 Å². The molecule has 0 atom stereocenters. The molecule has 0 saturated heterocycles. The lowest BCUT2D eigenvalue weighted by atomic mass is 9.75. The molecule has 2 nitrogen and oxygen atoms in total. The van der Waals surface area contributed by atoms with Gasteiger partial charge in [0.25, 0.3) is 0 Å². The van der Waals surface area contributed by atoms with E-state index in [0.717, 1.165) is 18.8 Å². The zero-order valence-electron chi connectivity index (χ0n) is 46.6. The van der Waals surface area contributed by atoms with Crippen LogP contribution in [0, 0.1) is 6.92 Å². The molecule has 2 heteroatoms. The smallest absolute Gasteiger partial charge is 0.122 e. The Hall–Kier alpha value is -1.96. The van der Waals surface area contributed by atoms with Gasteiger partial charge < -0.3 is 10.2 Å². The number of hydrogen-bond donors (Lipinski definition) is 2. The Labute approximate surface area is 430 Å². The third-order valence-corrected chi connectivity index (χ3v) is 17.4. The molecule has 69 heavy (non-hydrogen) atoms. The third-order valence-electron chi connectivity index (χ3n) is 17.4. The standard InChI is InChI=1S/C43H80O.C24H36O/c1-4-6-8-10-12-14-16-18-20-22-24-26-28-30-32-34-36-41-38-40(3)39-42(43(41)44)37-35-33-31-29-27-25-23-21-19-17-15-13-11-9-7-5-2;25-24-22(19-12-6-2-7-13-19)16-21(18-10-4-1-5-11-18)17-23(24)20-14-8-3-9-15-20/h38-39,44H,4-37H2,1-3H3;16-20,25H,1-15H2. The molecule has 0 heterocycles. The number of phenolic OH excluding ortho intramolecular Hbond substituents is 2. The summed E-state index contributed by atoms with van der Waals surface area (Å²) in [4.78, 5) is 0. The van der Waals surface area contributed by atoms with Crippen molar-refractivity contribution >= 4 is 0 Å². The maximum Gasteiger partial charge on any atom is 0.122 e. The van der Waals surface area contributed by atoms with Crippen molar-refractivity contribution < 1.29 is 10.2 Å². The maximum absolute atomic E-state index is 11.2. The van der Waals surface area contributed by atoms with Crippen molar-refractivity contribution in [2.24, 2.45) is 0 Å². The van der Waals surface area contributed by atoms with E-state index < -0.39 is 0 Å². The fraction of sp³-hybridized carbons (Fsp3) is 0.821. The van der Waals surface area contributed by atoms with Gasteiger partial charge in [-0.3, -0.25) is 0 Å². The number of phenols is 2. The number of aromatic hydroxyl groups is 2. The highest BCUT2D eigenvalue weighted by molar-refractivity contribution is 5.49. The van der Waals surface area contributed by atoms with Gasteiger partial charge in [0, 0.05) is 0 Å². The fourth-order valence-electron chi connectivity index (χ4n) is 12.9. The molecule has 3 aliphatic rings. The first-order valence-electron chi connectivity index (χ1n) is 31.7. The molecule has 3 aliphatic carbocycles. The van der Waals surface area contributed by atoms with Crippen molar-refractivity contribution in [3.63, 3.8) is 0 Å². The first-order chi connectivity index (χ1) is 34.0. The van der Waals surface area contributed by atoms with Crippen LogP contribution in [0.25, 0.3) is 0 Å². The predicted octanol–water partition coefficient (Wildman–Crippen LogP) is 22.8. The van der Waals surface area contributed by atoms with Gasteiger partial charge >= 0.3 is 0 Å². The molecule has 5 rings (SSSR count). The lowest BCUT2D eigenvalue weighted by molar-refractivity contribution is 0.390. The second-order valence-corrected chi connectivity index (χ2v) is 23.6. The summed E-state index contributed by atoms with van der Waals surface area (Å²) in [5.41, 5.74) is 7.93. The van der Waals surface area contributed by atoms with Gasteiger partial charge in [0.05, 0.1) is 0 Å². The number of unbranched alkanes of at least 4 members (excludes halogenated alkanes) is 30. The molecule has 3 saturated carbocycles. The first-order valence-corrected chi connectivity index (χ1v) is 31.7. The summed E-state index contributed by atoms with van der Waals surface area (Å²) in [6, 6.07) is 9.34. The number of benzene rings is 2. The van der Waals surface area contributed by atoms with Crippen LogP contribution in [0.15, 0.2) is 24.3 Å². The van der Waals surface area contributed by atoms with Crippen LogP contribution in [0.5, 0.6) is 11.5 Å². The quantitative estimate of drug-likeness (QED) is 0.0663. The van der Waals surface area contributed by atoms with E-state index in [1.807, 2.05) is 0 Å². The molecule has 0 bridgehead atoms. The largest absolute Gasteiger partial charge is 0.507 e. The lowest BCUT2D eigenvalue weighted by Gasteiger charge is -2.30. The average Bonchev–Trinajstić information content (AvgIpc) is 3.38. The van der Waals surface area contributed by atoms with Crippen LogP contribution in [-0.4, -0.2) is 10.2 Å². The minimum Gasteiger partial charge on any atom is -0.507 e. The number of rotatable bonds is 37. The van der Waals surface area contributed by atoms with Gasteiger partial charge in [-0.05, 0) is 117 Å². The molecule has 2 aromatic carbocycles. The Balaban J connectivity index is 0.000000345. The third kappa shape index (κ3) is 26.0. The summed E-state index contributed by atoms with van der Waals surface area (Å²) in [5, 5.41) is 22.2. The minimum absolute atomic E-state index is 0.609. The van der Waals surface area contributed by atoms with E-state index in [4.69, 9.17) is 0 Å². The molecule has 0 aromatic heterocycles. The molecular weight excluding hydrogens is 837 g/mol. The van der Waals surface area contributed by atoms with Gasteiger partial charge in [-0.2, -0.15) is 0 Å². The summed E-state index contributed by atoms with van der Waals surface area (Å²) in [6.45, 7) is 6.80. The van der Waals surface area contributed by atoms with E-state index in [0.29, 0.717) is 23.3 Å². The van der Waals surface area contributed by atoms with Crippen LogP contribution < -0.4 is 0 Å². The van der Waals surface area contributed by atoms with E-state index in [2.05, 4.69) is 45.0 Å². The lowest BCUT2D eigenvalue weighted by Crippen LogP contribution is -2.12. The van der Waals surface area contributed by atoms with Crippen molar-refractivity contribution in [2.75, 3.05) is 0 Å². The van der Waals surface area contributed by atoms with Crippen molar-refractivity contribution in [1.82, 2.24) is 0 Å². The Morgan fingerprint density at radius 1 is 0.319 bits per heavy atom. The topological polar surface area (TPSA) is 40.5 Å². The summed E-state index contributed by atoms with van der Waals surface area (Å²) in [5.74, 6) is 3.27. The van der Waals surface area contributed by atoms with Crippen LogP contribution in [0.4, 0.5) is 0 Å². The molecule has 2 aromatic rings. The highest BCUT2D eigenvalue weighted by atomic mass is 16.3. The SMILES string of the molecule is CCCCCCCCCCCCCCCCCCc1cc(C)cc(CCCCCCCCCCCCCCCCCC)c1O.Oc1c(C2CCCCC2)cc(C2CCCCC2)cc1C1CCCCC1. The van der Waals surface area contributed by atoms with Crippen molar-refractivity contribution in [3.8, 4) is 11.5 Å². The van der Waals surface area contributed by atoms with Crippen LogP contribution in [0.2, 0.25) is 0 Å². The monoisotopic (exact) mass is 953 g/mol. The van der Waals surface area contributed by atoms with E-state index in [1.54, 1.807) is 5.56 Å². The summed E-state index contributed by atoms with van der Waals surface area (Å²) in [7, 11) is 0. The maximum atomic E-state index is 11.2. The van der Waals surface area contributed by atoms with Gasteiger partial charge in [0.1, 0.15) is 11.5 Å². The first kappa shape index (κ1) is 59.6. The fourth-order valence-corrected chi connectivity index (χ4v) is 12.9. The van der Waals surface area contributed by atoms with Gasteiger partial charge in [0.15, 0.2) is 0 Å². The summed E-state index contributed by atoms with van der Waals surface area (Å²) in [6.07, 6.45) is 67.3. The second-order valence-electron chi connectivity index (χ2n) is 23.6. The van der Waals surface area contributed by atoms with Gasteiger partial charge in [0.2, 0.25) is 0 Å². The van der Waals surface area contributed by atoms with Gasteiger partial charge in [-0.15, -0.1) is 0 Å². The number of hydrogen-bond acceptors (Lipinski definition) is 2. The molecular formula is C67H116O2. The average molecular weight is 954 g/mol. The molecule has 3 fully saturated rings. The van der Waals surface area contributed by atoms with Crippen LogP contribution in [0.1, 0.15) is 367 Å². The Morgan fingerprint density at radius 2 is 0.580 bits per heavy atom. The molecule has 396 valence electrons. The molecule has 0 radical (unpaired) electrons. The zero-order valence-corrected chi connectivity index (χ0v) is 46.6. The van der Waals surface area contributed by atoms with Crippen molar-refractivity contribution in [1.29, 1.82) is 0 Å². The Kier molecular flexibility index (Phi) is 34.2. The minimum atomic E-state index is 0.609. The van der Waals surface area contributed by atoms with Crippen LogP contribution in [0.3, 0.4) is 0 Å². The highest BCUT2D eigenvalue weighted by Crippen LogP contribution is 2.47. The van der Waals surface area contributed by atoms with E-state index >= 15 is 0 Å². The highest BCUT2D eigenvalue weighted by Gasteiger charge is 2.27. The van der Waals surface area contributed by atoms with E-state index in [9.17, 15) is 10.2 Å². The van der Waals surface area contributed by atoms with Crippen molar-refractivity contribution in [3.05, 3.63) is 57.6 Å². The van der Waals surface area contributed by atoms with Crippen LogP contribution >= 0.6 is 0 Å². The second kappa shape index (κ2) is 39.6. The van der Waals surface area contributed by atoms with Gasteiger partial charge in [-0.1, -0.05) is 294 Å². The normalized spacial score (nSPS) is 16.2. The molecule has 0 aliphatic heterocycles. The summed E-state index contributed by atoms with van der Waals surface area (Å²) < 4.78 is 0. The van der Waals surface area contributed by atoms with Crippen LogP contribution in [-0.2, 0) is 12.8 Å². The molecule has 0 spiro atoms. The summed E-state index contributed by atoms with van der Waals surface area (Å²) >= 11 is 0. The number of aryl methyl sites for hydroxylation is 3. The molecule has 2 N–H and O–H groups in total. The van der Waals surface area contributed by atoms with Crippen molar-refractivity contribution in [2.45, 2.75) is 353 Å². The zero-order chi connectivity index (χ0) is 48.8. The predicted molar refractivity (Wildman–Crippen MR) is 305 cm³/mol. The van der Waals surface area contributed by atoms with E-state index in [-0.39, 0.29) is 0 Å². The Morgan fingerprint density at radius 3 is 0.870 bits per heavy atom. The molecule has 0 amide bonds. The van der Waals surface area contributed by atoms with E-state index in [1.165, 1.54) is 330 Å². The molecule has 0 unspecified atom stereocenters.